The predicted molar refractivity (Wildman–Crippen MR) is 83.9 cm³/mol. The van der Waals surface area contributed by atoms with Crippen LogP contribution in [0.2, 0.25) is 0 Å². The fraction of sp³-hybridized carbons (Fsp3) is 0.188. The van der Waals surface area contributed by atoms with Crippen LogP contribution < -0.4 is 5.32 Å². The van der Waals surface area contributed by atoms with Gasteiger partial charge in [0.25, 0.3) is 0 Å². The molecule has 1 N–H and O–H groups in total. The summed E-state index contributed by atoms with van der Waals surface area (Å²) in [5.74, 6) is -0.667. The van der Waals surface area contributed by atoms with Crippen LogP contribution in [0.5, 0.6) is 0 Å². The Bertz CT molecular complexity index is 660. The Hall–Kier alpha value is -1.88. The Labute approximate surface area is 131 Å². The molecule has 0 saturated carbocycles. The Kier molecular flexibility index (Phi) is 4.96. The zero-order chi connectivity index (χ0) is 15.4. The first-order valence-corrected chi connectivity index (χ1v) is 7.20. The van der Waals surface area contributed by atoms with E-state index < -0.39 is 0 Å². The number of hydrogen-bond acceptors (Lipinski definition) is 3. The van der Waals surface area contributed by atoms with Gasteiger partial charge in [-0.05, 0) is 42.8 Å². The van der Waals surface area contributed by atoms with Gasteiger partial charge < -0.3 is 10.1 Å². The van der Waals surface area contributed by atoms with E-state index in [1.807, 2.05) is 13.0 Å². The average Bonchev–Trinajstić information content (AvgIpc) is 2.46. The molecule has 1 atom stereocenters. The number of hydrogen-bond donors (Lipinski definition) is 1. The third-order valence-electron chi connectivity index (χ3n) is 3.10. The molecule has 0 fully saturated rings. The normalized spacial score (nSPS) is 11.8. The molecular formula is C16H15BrFNO2. The summed E-state index contributed by atoms with van der Waals surface area (Å²) in [6, 6.07) is 11.6. The molecule has 2 rings (SSSR count). The predicted octanol–water partition coefficient (Wildman–Crippen LogP) is 4.55. The average molecular weight is 352 g/mol. The first kappa shape index (κ1) is 15.5. The van der Waals surface area contributed by atoms with Crippen molar-refractivity contribution in [2.24, 2.45) is 0 Å². The van der Waals surface area contributed by atoms with Crippen molar-refractivity contribution in [1.29, 1.82) is 0 Å². The van der Waals surface area contributed by atoms with E-state index in [4.69, 9.17) is 4.74 Å². The highest BCUT2D eigenvalue weighted by Gasteiger charge is 2.11. The van der Waals surface area contributed by atoms with Crippen LogP contribution in [0.15, 0.2) is 46.9 Å². The van der Waals surface area contributed by atoms with Gasteiger partial charge in [-0.3, -0.25) is 0 Å². The lowest BCUT2D eigenvalue weighted by Crippen LogP contribution is -2.09. The molecule has 0 saturated heterocycles. The number of carbonyl (C=O) groups is 1. The summed E-state index contributed by atoms with van der Waals surface area (Å²) < 4.78 is 18.5. The molecule has 0 aromatic heterocycles. The van der Waals surface area contributed by atoms with Crippen molar-refractivity contribution in [2.75, 3.05) is 12.4 Å². The third kappa shape index (κ3) is 3.82. The van der Waals surface area contributed by atoms with Crippen molar-refractivity contribution >= 4 is 27.6 Å². The van der Waals surface area contributed by atoms with Gasteiger partial charge in [0.2, 0.25) is 0 Å². The zero-order valence-electron chi connectivity index (χ0n) is 11.7. The summed E-state index contributed by atoms with van der Waals surface area (Å²) in [4.78, 5) is 11.5. The van der Waals surface area contributed by atoms with Gasteiger partial charge >= 0.3 is 5.97 Å². The first-order valence-electron chi connectivity index (χ1n) is 6.41. The van der Waals surface area contributed by atoms with Gasteiger partial charge in [-0.25, -0.2) is 9.18 Å². The molecule has 0 spiro atoms. The van der Waals surface area contributed by atoms with Crippen LogP contribution in [0.4, 0.5) is 10.1 Å². The highest BCUT2D eigenvalue weighted by Crippen LogP contribution is 2.27. The molecule has 0 radical (unpaired) electrons. The maximum atomic E-state index is 13.1. The molecule has 2 aromatic carbocycles. The van der Waals surface area contributed by atoms with Crippen LogP contribution in [0, 0.1) is 5.82 Å². The smallest absolute Gasteiger partial charge is 0.337 e. The largest absolute Gasteiger partial charge is 0.465 e. The van der Waals surface area contributed by atoms with Gasteiger partial charge in [0, 0.05) is 16.2 Å². The number of carbonyl (C=O) groups excluding carboxylic acids is 1. The van der Waals surface area contributed by atoms with Gasteiger partial charge in [0.05, 0.1) is 12.7 Å². The lowest BCUT2D eigenvalue weighted by molar-refractivity contribution is 0.0601. The third-order valence-corrected chi connectivity index (χ3v) is 3.78. The maximum Gasteiger partial charge on any atom is 0.337 e. The van der Waals surface area contributed by atoms with E-state index in [1.165, 1.54) is 19.2 Å². The lowest BCUT2D eigenvalue weighted by Gasteiger charge is -2.17. The summed E-state index contributed by atoms with van der Waals surface area (Å²) in [5, 5.41) is 3.28. The van der Waals surface area contributed by atoms with Gasteiger partial charge in [0.1, 0.15) is 5.82 Å². The lowest BCUT2D eigenvalue weighted by atomic mass is 10.1. The van der Waals surface area contributed by atoms with Crippen LogP contribution in [0.1, 0.15) is 28.9 Å². The molecular weight excluding hydrogens is 337 g/mol. The zero-order valence-corrected chi connectivity index (χ0v) is 13.3. The summed E-state index contributed by atoms with van der Waals surface area (Å²) in [5.41, 5.74) is 2.20. The number of benzene rings is 2. The second kappa shape index (κ2) is 6.72. The second-order valence-corrected chi connectivity index (χ2v) is 5.46. The van der Waals surface area contributed by atoms with E-state index in [1.54, 1.807) is 24.3 Å². The molecule has 0 bridgehead atoms. The van der Waals surface area contributed by atoms with Crippen LogP contribution in [0.25, 0.3) is 0 Å². The SMILES string of the molecule is COC(=O)c1cccc(NC(C)c2ccc(F)cc2Br)c1. The van der Waals surface area contributed by atoms with E-state index in [-0.39, 0.29) is 17.8 Å². The van der Waals surface area contributed by atoms with Crippen LogP contribution >= 0.6 is 15.9 Å². The highest BCUT2D eigenvalue weighted by molar-refractivity contribution is 9.10. The number of nitrogens with one attached hydrogen (secondary N) is 1. The van der Waals surface area contributed by atoms with Crippen molar-refractivity contribution in [2.45, 2.75) is 13.0 Å². The summed E-state index contributed by atoms with van der Waals surface area (Å²) >= 11 is 3.36. The highest BCUT2D eigenvalue weighted by atomic mass is 79.9. The van der Waals surface area contributed by atoms with Crippen molar-refractivity contribution in [3.8, 4) is 0 Å². The number of esters is 1. The Morgan fingerprint density at radius 1 is 1.29 bits per heavy atom. The number of halogens is 2. The number of anilines is 1. The summed E-state index contributed by atoms with van der Waals surface area (Å²) in [6.07, 6.45) is 0. The van der Waals surface area contributed by atoms with Gasteiger partial charge in [0.15, 0.2) is 0 Å². The second-order valence-electron chi connectivity index (χ2n) is 4.60. The minimum atomic E-state index is -0.380. The van der Waals surface area contributed by atoms with E-state index in [2.05, 4.69) is 21.2 Å². The van der Waals surface area contributed by atoms with Crippen molar-refractivity contribution in [3.05, 3.63) is 63.9 Å². The quantitative estimate of drug-likeness (QED) is 0.821. The fourth-order valence-corrected chi connectivity index (χ4v) is 2.73. The van der Waals surface area contributed by atoms with Crippen molar-refractivity contribution in [3.63, 3.8) is 0 Å². The van der Waals surface area contributed by atoms with Crippen molar-refractivity contribution < 1.29 is 13.9 Å². The van der Waals surface area contributed by atoms with Gasteiger partial charge in [-0.15, -0.1) is 0 Å². The Morgan fingerprint density at radius 2 is 2.05 bits per heavy atom. The van der Waals surface area contributed by atoms with E-state index >= 15 is 0 Å². The minimum absolute atomic E-state index is 0.0483. The van der Waals surface area contributed by atoms with Crippen LogP contribution in [-0.2, 0) is 4.74 Å². The standard InChI is InChI=1S/C16H15BrFNO2/c1-10(14-7-6-12(18)9-15(14)17)19-13-5-3-4-11(8-13)16(20)21-2/h3-10,19H,1-2H3. The van der Waals surface area contributed by atoms with Gasteiger partial charge in [-0.2, -0.15) is 0 Å². The van der Waals surface area contributed by atoms with Crippen LogP contribution in [0.3, 0.4) is 0 Å². The minimum Gasteiger partial charge on any atom is -0.465 e. The molecule has 5 heteroatoms. The Morgan fingerprint density at radius 3 is 2.71 bits per heavy atom. The van der Waals surface area contributed by atoms with E-state index in [9.17, 15) is 9.18 Å². The number of methoxy groups -OCH3 is 1. The molecule has 21 heavy (non-hydrogen) atoms. The van der Waals surface area contributed by atoms with E-state index in [0.717, 1.165) is 11.3 Å². The van der Waals surface area contributed by atoms with E-state index in [0.29, 0.717) is 10.0 Å². The number of ether oxygens (including phenoxy) is 1. The van der Waals surface area contributed by atoms with Gasteiger partial charge in [-0.1, -0.05) is 28.1 Å². The molecule has 110 valence electrons. The molecule has 0 heterocycles. The van der Waals surface area contributed by atoms with Crippen molar-refractivity contribution in [1.82, 2.24) is 0 Å². The first-order chi connectivity index (χ1) is 10.0. The molecule has 3 nitrogen and oxygen atoms in total. The molecule has 0 aliphatic heterocycles. The molecule has 1 unspecified atom stereocenters. The number of rotatable bonds is 4. The Balaban J connectivity index is 2.19. The molecule has 2 aromatic rings. The molecule has 0 aliphatic carbocycles. The topological polar surface area (TPSA) is 38.3 Å². The fourth-order valence-electron chi connectivity index (χ4n) is 2.03. The van der Waals surface area contributed by atoms with Crippen LogP contribution in [-0.4, -0.2) is 13.1 Å². The summed E-state index contributed by atoms with van der Waals surface area (Å²) in [6.45, 7) is 1.96. The molecule has 0 amide bonds. The monoisotopic (exact) mass is 351 g/mol. The summed E-state index contributed by atoms with van der Waals surface area (Å²) in [7, 11) is 1.35. The maximum absolute atomic E-state index is 13.1. The molecule has 0 aliphatic rings.